The van der Waals surface area contributed by atoms with Gasteiger partial charge in [0, 0.05) is 37.6 Å². The Balaban J connectivity index is 1.66. The normalized spacial score (nSPS) is 29.3. The van der Waals surface area contributed by atoms with Crippen LogP contribution in [0.3, 0.4) is 0 Å². The molecule has 0 aromatic heterocycles. The molecule has 3 atom stereocenters. The monoisotopic (exact) mass is 287 g/mol. The van der Waals surface area contributed by atoms with E-state index in [2.05, 4.69) is 53.9 Å². The summed E-state index contributed by atoms with van der Waals surface area (Å²) in [7, 11) is 4.18. The van der Waals surface area contributed by atoms with Gasteiger partial charge in [0.25, 0.3) is 0 Å². The maximum atomic E-state index is 3.82. The Morgan fingerprint density at radius 3 is 2.43 bits per heavy atom. The second kappa shape index (κ2) is 6.69. The Bertz CT molecular complexity index is 434. The van der Waals surface area contributed by atoms with Crippen LogP contribution in [0.15, 0.2) is 24.3 Å². The SMILES string of the molecule is CN(C)c1ccc(NC2CCCCC2C2CCCN2)cc1. The minimum atomic E-state index is 0.638. The average Bonchev–Trinajstić information content (AvgIpc) is 3.02. The van der Waals surface area contributed by atoms with Gasteiger partial charge >= 0.3 is 0 Å². The number of benzene rings is 1. The van der Waals surface area contributed by atoms with Crippen LogP contribution in [0.2, 0.25) is 0 Å². The summed E-state index contributed by atoms with van der Waals surface area (Å²) in [5, 5.41) is 7.53. The fourth-order valence-corrected chi connectivity index (χ4v) is 3.97. The molecule has 0 bridgehead atoms. The first-order chi connectivity index (χ1) is 10.2. The first-order valence-corrected chi connectivity index (χ1v) is 8.51. The van der Waals surface area contributed by atoms with Gasteiger partial charge in [-0.1, -0.05) is 12.8 Å². The lowest BCUT2D eigenvalue weighted by molar-refractivity contribution is 0.263. The molecule has 0 amide bonds. The van der Waals surface area contributed by atoms with E-state index in [1.165, 1.54) is 56.4 Å². The maximum absolute atomic E-state index is 3.82. The van der Waals surface area contributed by atoms with E-state index >= 15 is 0 Å². The van der Waals surface area contributed by atoms with E-state index in [0.29, 0.717) is 6.04 Å². The molecule has 3 unspecified atom stereocenters. The summed E-state index contributed by atoms with van der Waals surface area (Å²) in [6.07, 6.45) is 8.19. The van der Waals surface area contributed by atoms with Crippen molar-refractivity contribution in [2.24, 2.45) is 5.92 Å². The second-order valence-corrected chi connectivity index (χ2v) is 6.84. The third-order valence-corrected chi connectivity index (χ3v) is 5.17. The quantitative estimate of drug-likeness (QED) is 0.888. The highest BCUT2D eigenvalue weighted by molar-refractivity contribution is 5.54. The molecule has 2 aliphatic rings. The predicted octanol–water partition coefficient (Wildman–Crippen LogP) is 3.48. The van der Waals surface area contributed by atoms with E-state index in [0.717, 1.165) is 12.0 Å². The third kappa shape index (κ3) is 3.52. The number of nitrogens with zero attached hydrogens (tertiary/aromatic N) is 1. The summed E-state index contributed by atoms with van der Waals surface area (Å²) in [5.74, 6) is 0.801. The topological polar surface area (TPSA) is 27.3 Å². The summed E-state index contributed by atoms with van der Waals surface area (Å²) in [6.45, 7) is 1.21. The lowest BCUT2D eigenvalue weighted by Gasteiger charge is -2.37. The smallest absolute Gasteiger partial charge is 0.0362 e. The Kier molecular flexibility index (Phi) is 4.69. The average molecular weight is 287 g/mol. The lowest BCUT2D eigenvalue weighted by Crippen LogP contribution is -2.43. The standard InChI is InChI=1S/C18H29N3/c1-21(2)15-11-9-14(10-12-15)20-18-7-4-3-6-16(18)17-8-5-13-19-17/h9-12,16-20H,3-8,13H2,1-2H3. The Hall–Kier alpha value is -1.22. The number of nitrogens with one attached hydrogen (secondary N) is 2. The van der Waals surface area contributed by atoms with Crippen molar-refractivity contribution >= 4 is 11.4 Å². The fraction of sp³-hybridized carbons (Fsp3) is 0.667. The highest BCUT2D eigenvalue weighted by Gasteiger charge is 2.33. The third-order valence-electron chi connectivity index (χ3n) is 5.17. The zero-order chi connectivity index (χ0) is 14.7. The van der Waals surface area contributed by atoms with Crippen molar-refractivity contribution < 1.29 is 0 Å². The molecule has 1 heterocycles. The van der Waals surface area contributed by atoms with Crippen LogP contribution in [0.1, 0.15) is 38.5 Å². The molecular formula is C18H29N3. The van der Waals surface area contributed by atoms with Gasteiger partial charge in [-0.2, -0.15) is 0 Å². The minimum absolute atomic E-state index is 0.638. The summed E-state index contributed by atoms with van der Waals surface area (Å²) in [5.41, 5.74) is 2.54. The van der Waals surface area contributed by atoms with Gasteiger partial charge in [0.1, 0.15) is 0 Å². The van der Waals surface area contributed by atoms with Crippen LogP contribution in [-0.2, 0) is 0 Å². The summed E-state index contributed by atoms with van der Waals surface area (Å²) >= 11 is 0. The van der Waals surface area contributed by atoms with Crippen molar-refractivity contribution in [2.75, 3.05) is 30.9 Å². The Morgan fingerprint density at radius 2 is 1.76 bits per heavy atom. The van der Waals surface area contributed by atoms with Gasteiger partial charge < -0.3 is 15.5 Å². The largest absolute Gasteiger partial charge is 0.382 e. The molecule has 21 heavy (non-hydrogen) atoms. The predicted molar refractivity (Wildman–Crippen MR) is 91.2 cm³/mol. The zero-order valence-electron chi connectivity index (χ0n) is 13.4. The van der Waals surface area contributed by atoms with Gasteiger partial charge in [0.15, 0.2) is 0 Å². The van der Waals surface area contributed by atoms with Crippen LogP contribution in [0.5, 0.6) is 0 Å². The van der Waals surface area contributed by atoms with Crippen molar-refractivity contribution in [3.05, 3.63) is 24.3 Å². The molecule has 1 saturated carbocycles. The molecule has 1 saturated heterocycles. The maximum Gasteiger partial charge on any atom is 0.0362 e. The van der Waals surface area contributed by atoms with Crippen molar-refractivity contribution in [1.82, 2.24) is 5.32 Å². The summed E-state index contributed by atoms with van der Waals surface area (Å²) < 4.78 is 0. The number of rotatable bonds is 4. The first kappa shape index (κ1) is 14.7. The highest BCUT2D eigenvalue weighted by Crippen LogP contribution is 2.32. The molecule has 1 aliphatic carbocycles. The molecule has 0 radical (unpaired) electrons. The molecule has 1 aromatic rings. The molecule has 3 heteroatoms. The van der Waals surface area contributed by atoms with Gasteiger partial charge in [0.05, 0.1) is 0 Å². The van der Waals surface area contributed by atoms with Gasteiger partial charge in [-0.05, 0) is 62.4 Å². The van der Waals surface area contributed by atoms with Gasteiger partial charge in [0.2, 0.25) is 0 Å². The molecular weight excluding hydrogens is 258 g/mol. The van der Waals surface area contributed by atoms with E-state index in [4.69, 9.17) is 0 Å². The van der Waals surface area contributed by atoms with E-state index in [1.54, 1.807) is 0 Å². The minimum Gasteiger partial charge on any atom is -0.382 e. The zero-order valence-corrected chi connectivity index (χ0v) is 13.4. The molecule has 3 rings (SSSR count). The number of hydrogen-bond donors (Lipinski definition) is 2. The fourth-order valence-electron chi connectivity index (χ4n) is 3.97. The van der Waals surface area contributed by atoms with E-state index in [-0.39, 0.29) is 0 Å². The number of hydrogen-bond acceptors (Lipinski definition) is 3. The highest BCUT2D eigenvalue weighted by atomic mass is 15.1. The number of anilines is 2. The Morgan fingerprint density at radius 1 is 1.00 bits per heavy atom. The summed E-state index contributed by atoms with van der Waals surface area (Å²) in [6, 6.07) is 10.2. The molecule has 116 valence electrons. The van der Waals surface area contributed by atoms with Gasteiger partial charge in [-0.15, -0.1) is 0 Å². The summed E-state index contributed by atoms with van der Waals surface area (Å²) in [4.78, 5) is 2.15. The molecule has 1 aliphatic heterocycles. The first-order valence-electron chi connectivity index (χ1n) is 8.51. The van der Waals surface area contributed by atoms with Crippen LogP contribution in [0, 0.1) is 5.92 Å². The van der Waals surface area contributed by atoms with Gasteiger partial charge in [-0.3, -0.25) is 0 Å². The van der Waals surface area contributed by atoms with Crippen molar-refractivity contribution in [3.63, 3.8) is 0 Å². The molecule has 2 fully saturated rings. The van der Waals surface area contributed by atoms with Crippen molar-refractivity contribution in [1.29, 1.82) is 0 Å². The van der Waals surface area contributed by atoms with Crippen LogP contribution in [-0.4, -0.2) is 32.7 Å². The van der Waals surface area contributed by atoms with Crippen LogP contribution in [0.25, 0.3) is 0 Å². The van der Waals surface area contributed by atoms with Crippen LogP contribution in [0.4, 0.5) is 11.4 Å². The van der Waals surface area contributed by atoms with E-state index < -0.39 is 0 Å². The molecule has 2 N–H and O–H groups in total. The van der Waals surface area contributed by atoms with Crippen molar-refractivity contribution in [2.45, 2.75) is 50.6 Å². The molecule has 0 spiro atoms. The lowest BCUT2D eigenvalue weighted by atomic mass is 9.79. The molecule has 1 aromatic carbocycles. The van der Waals surface area contributed by atoms with E-state index in [1.807, 2.05) is 0 Å². The second-order valence-electron chi connectivity index (χ2n) is 6.84. The van der Waals surface area contributed by atoms with E-state index in [9.17, 15) is 0 Å². The van der Waals surface area contributed by atoms with Crippen LogP contribution < -0.4 is 15.5 Å². The Labute approximate surface area is 129 Å². The van der Waals surface area contributed by atoms with Crippen molar-refractivity contribution in [3.8, 4) is 0 Å². The molecule has 3 nitrogen and oxygen atoms in total. The van der Waals surface area contributed by atoms with Gasteiger partial charge in [-0.25, -0.2) is 0 Å². The van der Waals surface area contributed by atoms with Crippen LogP contribution >= 0.6 is 0 Å².